The van der Waals surface area contributed by atoms with E-state index in [2.05, 4.69) is 15.6 Å². The highest BCUT2D eigenvalue weighted by molar-refractivity contribution is 6.16. The van der Waals surface area contributed by atoms with Crippen LogP contribution in [0.5, 0.6) is 0 Å². The van der Waals surface area contributed by atoms with Crippen molar-refractivity contribution in [2.24, 2.45) is 33.5 Å². The lowest BCUT2D eigenvalue weighted by atomic mass is 9.70. The van der Waals surface area contributed by atoms with Crippen molar-refractivity contribution in [3.05, 3.63) is 18.2 Å². The minimum Gasteiger partial charge on any atom is -0.310 e. The smallest absolute Gasteiger partial charge is 0.239 e. The first-order valence-electron chi connectivity index (χ1n) is 11.6. The Hall–Kier alpha value is -2.57. The zero-order valence-electron chi connectivity index (χ0n) is 19.2. The fourth-order valence-corrected chi connectivity index (χ4v) is 7.00. The van der Waals surface area contributed by atoms with E-state index in [9.17, 15) is 19.2 Å². The van der Waals surface area contributed by atoms with Crippen molar-refractivity contribution >= 4 is 35.0 Å². The van der Waals surface area contributed by atoms with Crippen LogP contribution in [0.2, 0.25) is 0 Å². The van der Waals surface area contributed by atoms with Crippen LogP contribution >= 0.6 is 0 Å². The summed E-state index contributed by atoms with van der Waals surface area (Å²) in [7, 11) is 0. The number of aromatic nitrogens is 1. The van der Waals surface area contributed by atoms with E-state index in [1.54, 1.807) is 18.2 Å². The van der Waals surface area contributed by atoms with Gasteiger partial charge in [0.15, 0.2) is 11.6 Å². The van der Waals surface area contributed by atoms with E-state index in [-0.39, 0.29) is 35.2 Å². The lowest BCUT2D eigenvalue weighted by Crippen LogP contribution is -2.45. The van der Waals surface area contributed by atoms with Gasteiger partial charge in [-0.25, -0.2) is 4.98 Å². The molecule has 170 valence electrons. The number of Topliss-reactive ketones (excluding diaryl/α,β-unsaturated/α-hetero) is 2. The number of nitrogens with one attached hydrogen (secondary N) is 2. The summed E-state index contributed by atoms with van der Waals surface area (Å²) in [5.74, 6) is 0.476. The molecule has 5 rings (SSSR count). The lowest BCUT2D eigenvalue weighted by Gasteiger charge is -2.32. The van der Waals surface area contributed by atoms with Crippen LogP contribution in [-0.4, -0.2) is 28.4 Å². The van der Waals surface area contributed by atoms with Crippen molar-refractivity contribution in [1.29, 1.82) is 0 Å². The van der Waals surface area contributed by atoms with Gasteiger partial charge in [-0.05, 0) is 62.5 Å². The number of rotatable bonds is 4. The van der Waals surface area contributed by atoms with E-state index in [0.717, 1.165) is 12.8 Å². The maximum atomic E-state index is 13.1. The summed E-state index contributed by atoms with van der Waals surface area (Å²) in [5.41, 5.74) is -2.90. The maximum absolute atomic E-state index is 13.1. The average Bonchev–Trinajstić information content (AvgIpc) is 3.46. The fourth-order valence-electron chi connectivity index (χ4n) is 7.00. The van der Waals surface area contributed by atoms with Crippen molar-refractivity contribution in [2.45, 2.75) is 66.2 Å². The summed E-state index contributed by atoms with van der Waals surface area (Å²) in [6.07, 6.45) is 4.07. The maximum Gasteiger partial charge on any atom is 0.239 e. The van der Waals surface area contributed by atoms with Gasteiger partial charge in [0.25, 0.3) is 0 Å². The fraction of sp³-hybridized carbons (Fsp3) is 0.640. The van der Waals surface area contributed by atoms with Crippen molar-refractivity contribution in [3.8, 4) is 0 Å². The lowest BCUT2D eigenvalue weighted by molar-refractivity contribution is -0.143. The SMILES string of the molecule is CC1(C)C(=O)[C@@]2(C(=O)Nc3cccc(NC(=O)[C@@]45CC[C@H](C4)C(C)(C)C5=O)n3)CC[C@H]1C2. The summed E-state index contributed by atoms with van der Waals surface area (Å²) in [5, 5.41) is 5.64. The first kappa shape index (κ1) is 21.3. The molecule has 0 aliphatic heterocycles. The van der Waals surface area contributed by atoms with Crippen LogP contribution in [-0.2, 0) is 19.2 Å². The number of amides is 2. The highest BCUT2D eigenvalue weighted by atomic mass is 16.2. The molecule has 4 fully saturated rings. The predicted octanol–water partition coefficient (Wildman–Crippen LogP) is 3.75. The zero-order chi connectivity index (χ0) is 23.1. The van der Waals surface area contributed by atoms with Gasteiger partial charge in [0, 0.05) is 10.8 Å². The average molecular weight is 438 g/mol. The Morgan fingerprint density at radius 2 is 1.22 bits per heavy atom. The molecule has 0 saturated heterocycles. The van der Waals surface area contributed by atoms with Crippen molar-refractivity contribution in [1.82, 2.24) is 4.98 Å². The molecule has 1 heterocycles. The van der Waals surface area contributed by atoms with Gasteiger partial charge in [-0.15, -0.1) is 0 Å². The Labute approximate surface area is 188 Å². The molecule has 2 N–H and O–H groups in total. The number of hydrogen-bond donors (Lipinski definition) is 2. The predicted molar refractivity (Wildman–Crippen MR) is 119 cm³/mol. The van der Waals surface area contributed by atoms with E-state index in [4.69, 9.17) is 0 Å². The molecule has 0 radical (unpaired) electrons. The minimum absolute atomic E-state index is 0.0143. The van der Waals surface area contributed by atoms with Crippen LogP contribution in [0.4, 0.5) is 11.6 Å². The first-order chi connectivity index (χ1) is 14.9. The van der Waals surface area contributed by atoms with Crippen LogP contribution < -0.4 is 10.6 Å². The highest BCUT2D eigenvalue weighted by Crippen LogP contribution is 2.61. The van der Waals surface area contributed by atoms with Crippen LogP contribution in [0.3, 0.4) is 0 Å². The molecule has 4 aliphatic rings. The van der Waals surface area contributed by atoms with Gasteiger partial charge < -0.3 is 10.6 Å². The van der Waals surface area contributed by atoms with E-state index >= 15 is 0 Å². The monoisotopic (exact) mass is 437 g/mol. The van der Waals surface area contributed by atoms with Crippen LogP contribution in [0.15, 0.2) is 18.2 Å². The molecule has 4 saturated carbocycles. The normalized spacial score (nSPS) is 35.9. The van der Waals surface area contributed by atoms with Crippen molar-refractivity contribution < 1.29 is 19.2 Å². The third kappa shape index (κ3) is 2.63. The van der Waals surface area contributed by atoms with E-state index in [1.807, 2.05) is 27.7 Å². The van der Waals surface area contributed by atoms with E-state index < -0.39 is 21.7 Å². The molecule has 32 heavy (non-hydrogen) atoms. The largest absolute Gasteiger partial charge is 0.310 e. The van der Waals surface area contributed by atoms with Crippen LogP contribution in [0.1, 0.15) is 66.2 Å². The number of carbonyl (C=O) groups excluding carboxylic acids is 4. The molecule has 2 amide bonds. The zero-order valence-corrected chi connectivity index (χ0v) is 19.2. The number of anilines is 2. The quantitative estimate of drug-likeness (QED) is 0.698. The van der Waals surface area contributed by atoms with Gasteiger partial charge in [-0.3, -0.25) is 19.2 Å². The first-order valence-corrected chi connectivity index (χ1v) is 11.6. The molecule has 0 unspecified atom stereocenters. The van der Waals surface area contributed by atoms with E-state index in [1.165, 1.54) is 0 Å². The second kappa shape index (κ2) is 6.49. The Bertz CT molecular complexity index is 982. The summed E-state index contributed by atoms with van der Waals surface area (Å²) >= 11 is 0. The van der Waals surface area contributed by atoms with Crippen LogP contribution in [0, 0.1) is 33.5 Å². The Morgan fingerprint density at radius 1 is 0.812 bits per heavy atom. The van der Waals surface area contributed by atoms with Gasteiger partial charge in [-0.2, -0.15) is 0 Å². The summed E-state index contributed by atoms with van der Waals surface area (Å²) in [6, 6.07) is 4.99. The molecule has 7 nitrogen and oxygen atoms in total. The topological polar surface area (TPSA) is 105 Å². The molecule has 1 aromatic heterocycles. The van der Waals surface area contributed by atoms with Crippen molar-refractivity contribution in [3.63, 3.8) is 0 Å². The van der Waals surface area contributed by atoms with Crippen LogP contribution in [0.25, 0.3) is 0 Å². The van der Waals surface area contributed by atoms with Gasteiger partial charge in [0.05, 0.1) is 0 Å². The molecule has 4 bridgehead atoms. The van der Waals surface area contributed by atoms with Gasteiger partial charge in [0.1, 0.15) is 22.5 Å². The summed E-state index contributed by atoms with van der Waals surface area (Å²) < 4.78 is 0. The molecule has 1 aromatic rings. The highest BCUT2D eigenvalue weighted by Gasteiger charge is 2.66. The minimum atomic E-state index is -0.977. The number of nitrogens with zero attached hydrogens (tertiary/aromatic N) is 1. The number of carbonyl (C=O) groups is 4. The second-order valence-electron chi connectivity index (χ2n) is 11.5. The third-order valence-corrected chi connectivity index (χ3v) is 9.21. The summed E-state index contributed by atoms with van der Waals surface area (Å²) in [4.78, 5) is 56.7. The number of pyridine rings is 1. The molecular formula is C25H31N3O4. The molecule has 4 aliphatic carbocycles. The molecule has 0 spiro atoms. The molecule has 4 atom stereocenters. The van der Waals surface area contributed by atoms with Crippen molar-refractivity contribution in [2.75, 3.05) is 10.6 Å². The molecule has 7 heteroatoms. The Morgan fingerprint density at radius 3 is 1.56 bits per heavy atom. The standard InChI is InChI=1S/C25H31N3O4/c1-22(2)14-8-10-24(12-14,18(22)29)20(31)27-16-6-5-7-17(26-16)28-21(32)25-11-9-15(13-25)23(3,4)19(25)30/h5-7,14-15H,8-13H2,1-4H3,(H2,26,27,28,31,32)/t14-,15+,24+,25-. The van der Waals surface area contributed by atoms with Gasteiger partial charge in [-0.1, -0.05) is 33.8 Å². The number of fused-ring (bicyclic) bond motifs is 4. The molecule has 0 aromatic carbocycles. The van der Waals surface area contributed by atoms with Gasteiger partial charge >= 0.3 is 0 Å². The van der Waals surface area contributed by atoms with Gasteiger partial charge in [0.2, 0.25) is 11.8 Å². The van der Waals surface area contributed by atoms with E-state index in [0.29, 0.717) is 37.3 Å². The number of ketones is 2. The molecular weight excluding hydrogens is 406 g/mol. The third-order valence-electron chi connectivity index (χ3n) is 9.21. The summed E-state index contributed by atoms with van der Waals surface area (Å²) in [6.45, 7) is 7.73. The second-order valence-corrected chi connectivity index (χ2v) is 11.5. The Kier molecular flexibility index (Phi) is 4.31. The Balaban J connectivity index is 1.32. The number of hydrogen-bond acceptors (Lipinski definition) is 5.